The number of amides is 3. The molecule has 3 amide bonds. The molecule has 0 aromatic rings. The lowest BCUT2D eigenvalue weighted by molar-refractivity contribution is -0.153. The van der Waals surface area contributed by atoms with Crippen molar-refractivity contribution < 1.29 is 24.3 Å². The Hall–Kier alpha value is -2.12. The summed E-state index contributed by atoms with van der Waals surface area (Å²) in [5, 5.41) is 9.85. The number of hydrogen-bond donors (Lipinski definition) is 2. The molecule has 6 atom stereocenters. The van der Waals surface area contributed by atoms with Crippen molar-refractivity contribution in [2.24, 2.45) is 29.4 Å². The Morgan fingerprint density at radius 1 is 0.933 bits per heavy atom. The Morgan fingerprint density at radius 3 is 2.37 bits per heavy atom. The van der Waals surface area contributed by atoms with Gasteiger partial charge in [0.1, 0.15) is 11.7 Å². The highest BCUT2D eigenvalue weighted by Crippen LogP contribution is 2.43. The van der Waals surface area contributed by atoms with Crippen LogP contribution in [-0.2, 0) is 14.4 Å². The van der Waals surface area contributed by atoms with E-state index in [9.17, 15) is 24.3 Å². The van der Waals surface area contributed by atoms with Crippen LogP contribution < -0.4 is 5.73 Å². The Kier molecular flexibility index (Phi) is 6.02. The molecule has 0 aromatic carbocycles. The first-order chi connectivity index (χ1) is 14.4. The number of carbonyl (C=O) groups is 4. The molecule has 2 saturated heterocycles. The number of fused-ring (bicyclic) bond motifs is 2. The summed E-state index contributed by atoms with van der Waals surface area (Å²) in [4.78, 5) is 53.8. The zero-order chi connectivity index (χ0) is 21.4. The molecule has 4 fully saturated rings. The van der Waals surface area contributed by atoms with Crippen LogP contribution in [0.25, 0.3) is 0 Å². The summed E-state index contributed by atoms with van der Waals surface area (Å²) in [5.74, 6) is -1.92. The molecule has 2 aliphatic carbocycles. The average molecular weight is 420 g/mol. The Labute approximate surface area is 177 Å². The van der Waals surface area contributed by atoms with Crippen LogP contribution in [-0.4, -0.2) is 63.8 Å². The summed E-state index contributed by atoms with van der Waals surface area (Å²) in [6, 6.07) is -0.885. The Morgan fingerprint density at radius 2 is 1.63 bits per heavy atom. The Bertz CT molecular complexity index is 726. The van der Waals surface area contributed by atoms with Gasteiger partial charge in [0.15, 0.2) is 0 Å². The van der Waals surface area contributed by atoms with Gasteiger partial charge in [0.2, 0.25) is 11.8 Å². The van der Waals surface area contributed by atoms with Crippen molar-refractivity contribution in [2.45, 2.75) is 76.3 Å². The first-order valence-electron chi connectivity index (χ1n) is 11.5. The van der Waals surface area contributed by atoms with Gasteiger partial charge < -0.3 is 20.6 Å². The number of nitrogens with zero attached hydrogens (tertiary/aromatic N) is 2. The molecule has 166 valence electrons. The monoisotopic (exact) mass is 419 g/mol. The summed E-state index contributed by atoms with van der Waals surface area (Å²) in [5.41, 5.74) is 5.78. The summed E-state index contributed by atoms with van der Waals surface area (Å²) in [6.45, 7) is 0.638. The molecular weight excluding hydrogens is 386 g/mol. The molecule has 0 radical (unpaired) electrons. The third kappa shape index (κ3) is 3.69. The molecule has 8 nitrogen and oxygen atoms in total. The van der Waals surface area contributed by atoms with E-state index in [1.54, 1.807) is 4.90 Å². The zero-order valence-electron chi connectivity index (χ0n) is 17.5. The first-order valence-corrected chi connectivity index (χ1v) is 11.5. The van der Waals surface area contributed by atoms with E-state index < -0.39 is 24.0 Å². The number of rotatable bonds is 3. The van der Waals surface area contributed by atoms with Crippen molar-refractivity contribution in [3.8, 4) is 0 Å². The van der Waals surface area contributed by atoms with E-state index in [0.717, 1.165) is 57.8 Å². The average Bonchev–Trinajstić information content (AvgIpc) is 2.74. The number of piperidine rings is 2. The molecule has 4 aliphatic rings. The quantitative estimate of drug-likeness (QED) is 0.678. The van der Waals surface area contributed by atoms with Crippen LogP contribution in [0.3, 0.4) is 0 Å². The van der Waals surface area contributed by atoms with Crippen LogP contribution in [0.5, 0.6) is 0 Å². The smallest absolute Gasteiger partial charge is 0.407 e. The van der Waals surface area contributed by atoms with E-state index in [0.29, 0.717) is 25.4 Å². The second-order valence-electron chi connectivity index (χ2n) is 9.55. The van der Waals surface area contributed by atoms with E-state index in [2.05, 4.69) is 0 Å². The lowest BCUT2D eigenvalue weighted by Gasteiger charge is -2.50. The second kappa shape index (κ2) is 8.55. The molecule has 2 saturated carbocycles. The fourth-order valence-corrected chi connectivity index (χ4v) is 6.71. The third-order valence-electron chi connectivity index (χ3n) is 8.09. The Balaban J connectivity index is 1.65. The van der Waals surface area contributed by atoms with Crippen LogP contribution in [0, 0.1) is 23.7 Å². The zero-order valence-corrected chi connectivity index (χ0v) is 17.5. The lowest BCUT2D eigenvalue weighted by atomic mass is 9.67. The predicted octanol–water partition coefficient (Wildman–Crippen LogP) is 2.01. The van der Waals surface area contributed by atoms with Gasteiger partial charge in [-0.1, -0.05) is 32.1 Å². The van der Waals surface area contributed by atoms with Crippen LogP contribution in [0.15, 0.2) is 0 Å². The van der Waals surface area contributed by atoms with Gasteiger partial charge in [-0.15, -0.1) is 0 Å². The predicted molar refractivity (Wildman–Crippen MR) is 108 cm³/mol. The molecule has 0 aromatic heterocycles. The number of ketones is 1. The molecular formula is C22H33N3O5. The van der Waals surface area contributed by atoms with Gasteiger partial charge in [0, 0.05) is 31.5 Å². The SMILES string of the molecule is NC(=O)C(C(=O)N1CCC(=O)C2CCCCC21)C1C2CCCCC2CCN1C(=O)O. The third-order valence-corrected chi connectivity index (χ3v) is 8.09. The largest absolute Gasteiger partial charge is 0.465 e. The van der Waals surface area contributed by atoms with Crippen LogP contribution in [0.4, 0.5) is 4.79 Å². The van der Waals surface area contributed by atoms with E-state index in [1.165, 1.54) is 4.90 Å². The van der Waals surface area contributed by atoms with Gasteiger partial charge in [-0.05, 0) is 37.5 Å². The van der Waals surface area contributed by atoms with Crippen molar-refractivity contribution in [1.29, 1.82) is 0 Å². The topological polar surface area (TPSA) is 121 Å². The van der Waals surface area contributed by atoms with Crippen LogP contribution in [0.1, 0.15) is 64.2 Å². The van der Waals surface area contributed by atoms with Crippen molar-refractivity contribution in [3.63, 3.8) is 0 Å². The van der Waals surface area contributed by atoms with E-state index in [-0.39, 0.29) is 29.6 Å². The van der Waals surface area contributed by atoms with Crippen molar-refractivity contribution in [2.75, 3.05) is 13.1 Å². The van der Waals surface area contributed by atoms with Gasteiger partial charge in [0.05, 0.1) is 6.04 Å². The number of likely N-dealkylation sites (tertiary alicyclic amines) is 2. The van der Waals surface area contributed by atoms with Crippen LogP contribution in [0.2, 0.25) is 0 Å². The molecule has 0 spiro atoms. The number of nitrogens with two attached hydrogens (primary N) is 1. The standard InChI is InChI=1S/C22H33N3O5/c23-20(27)18(19-14-6-2-1-5-13(14)9-11-25(19)22(29)30)21(28)24-12-10-17(26)15-7-3-4-8-16(15)24/h13-16,18-19H,1-12H2,(H2,23,27)(H,29,30). The number of carboxylic acid groups (broad SMARTS) is 1. The molecule has 0 bridgehead atoms. The highest BCUT2D eigenvalue weighted by atomic mass is 16.4. The maximum atomic E-state index is 13.7. The maximum absolute atomic E-state index is 13.7. The summed E-state index contributed by atoms with van der Waals surface area (Å²) >= 11 is 0. The maximum Gasteiger partial charge on any atom is 0.407 e. The fraction of sp³-hybridized carbons (Fsp3) is 0.818. The minimum absolute atomic E-state index is 0.0152. The number of hydrogen-bond acceptors (Lipinski definition) is 4. The first kappa shape index (κ1) is 21.1. The van der Waals surface area contributed by atoms with Gasteiger partial charge in [-0.3, -0.25) is 14.4 Å². The molecule has 6 unspecified atom stereocenters. The fourth-order valence-electron chi connectivity index (χ4n) is 6.71. The number of carbonyl (C=O) groups excluding carboxylic acids is 3. The van der Waals surface area contributed by atoms with E-state index in [4.69, 9.17) is 5.73 Å². The van der Waals surface area contributed by atoms with E-state index in [1.807, 2.05) is 0 Å². The highest BCUT2D eigenvalue weighted by molar-refractivity contribution is 6.01. The van der Waals surface area contributed by atoms with Gasteiger partial charge in [0.25, 0.3) is 0 Å². The summed E-state index contributed by atoms with van der Waals surface area (Å²) in [6.07, 6.45) is 7.37. The molecule has 30 heavy (non-hydrogen) atoms. The number of Topliss-reactive ketones (excluding diaryl/α,β-unsaturated/α-hetero) is 1. The minimum Gasteiger partial charge on any atom is -0.465 e. The molecule has 8 heteroatoms. The van der Waals surface area contributed by atoms with Crippen molar-refractivity contribution in [3.05, 3.63) is 0 Å². The summed E-state index contributed by atoms with van der Waals surface area (Å²) < 4.78 is 0. The molecule has 2 aliphatic heterocycles. The van der Waals surface area contributed by atoms with E-state index >= 15 is 0 Å². The molecule has 3 N–H and O–H groups in total. The van der Waals surface area contributed by atoms with Gasteiger partial charge >= 0.3 is 6.09 Å². The van der Waals surface area contributed by atoms with Crippen molar-refractivity contribution >= 4 is 23.7 Å². The molecule has 2 heterocycles. The highest BCUT2D eigenvalue weighted by Gasteiger charge is 2.52. The minimum atomic E-state index is -1.18. The lowest BCUT2D eigenvalue weighted by Crippen LogP contribution is -2.63. The van der Waals surface area contributed by atoms with Crippen LogP contribution >= 0.6 is 0 Å². The molecule has 4 rings (SSSR count). The second-order valence-corrected chi connectivity index (χ2v) is 9.55. The van der Waals surface area contributed by atoms with Gasteiger partial charge in [-0.2, -0.15) is 0 Å². The van der Waals surface area contributed by atoms with Crippen molar-refractivity contribution in [1.82, 2.24) is 9.80 Å². The summed E-state index contributed by atoms with van der Waals surface area (Å²) in [7, 11) is 0. The number of primary amides is 1. The normalized spacial score (nSPS) is 35.2. The van der Waals surface area contributed by atoms with Gasteiger partial charge in [-0.25, -0.2) is 4.79 Å².